The number of halogens is 1. The van der Waals surface area contributed by atoms with Gasteiger partial charge in [-0.1, -0.05) is 18.2 Å². The quantitative estimate of drug-likeness (QED) is 0.537. The average molecular weight is 417 g/mol. The molecule has 0 bridgehead atoms. The van der Waals surface area contributed by atoms with E-state index in [1.165, 1.54) is 6.07 Å². The molecule has 0 aliphatic rings. The summed E-state index contributed by atoms with van der Waals surface area (Å²) in [6.45, 7) is -0.168. The molecule has 0 atom stereocenters. The van der Waals surface area contributed by atoms with E-state index >= 15 is 0 Å². The van der Waals surface area contributed by atoms with Crippen molar-refractivity contribution in [2.75, 3.05) is 0 Å². The van der Waals surface area contributed by atoms with Crippen molar-refractivity contribution in [2.45, 2.75) is 6.54 Å². The van der Waals surface area contributed by atoms with Crippen LogP contribution in [0.25, 0.3) is 22.4 Å². The van der Waals surface area contributed by atoms with Gasteiger partial charge in [0.25, 0.3) is 11.4 Å². The molecule has 0 saturated heterocycles. The van der Waals surface area contributed by atoms with Crippen LogP contribution in [0.5, 0.6) is 0 Å². The number of benzene rings is 1. The van der Waals surface area contributed by atoms with Crippen LogP contribution in [-0.2, 0) is 6.54 Å². The van der Waals surface area contributed by atoms with Crippen LogP contribution in [0.4, 0.5) is 0 Å². The van der Waals surface area contributed by atoms with Crippen LogP contribution in [0.1, 0.15) is 16.4 Å². The van der Waals surface area contributed by atoms with E-state index in [0.29, 0.717) is 10.4 Å². The first-order valence-corrected chi connectivity index (χ1v) is 8.13. The van der Waals surface area contributed by atoms with E-state index in [1.54, 1.807) is 30.3 Å². The Bertz CT molecular complexity index is 1190. The van der Waals surface area contributed by atoms with Crippen molar-refractivity contribution in [3.63, 3.8) is 0 Å². The number of nitrogens with zero attached hydrogens (tertiary/aromatic N) is 4. The molecule has 3 heterocycles. The Morgan fingerprint density at radius 3 is 2.58 bits per heavy atom. The van der Waals surface area contributed by atoms with E-state index in [1.807, 2.05) is 0 Å². The summed E-state index contributed by atoms with van der Waals surface area (Å²) in [7, 11) is 0. The number of carboxylic acid groups (broad SMARTS) is 1. The lowest BCUT2D eigenvalue weighted by Crippen LogP contribution is -2.26. The van der Waals surface area contributed by atoms with E-state index in [4.69, 9.17) is 8.83 Å². The molecule has 130 valence electrons. The highest BCUT2D eigenvalue weighted by molar-refractivity contribution is 9.10. The predicted octanol–water partition coefficient (Wildman–Crippen LogP) is 2.55. The van der Waals surface area contributed by atoms with Crippen molar-refractivity contribution in [1.29, 1.82) is 0 Å². The van der Waals surface area contributed by atoms with E-state index in [-0.39, 0.29) is 34.8 Å². The molecule has 26 heavy (non-hydrogen) atoms. The zero-order valence-corrected chi connectivity index (χ0v) is 14.5. The second kappa shape index (κ2) is 6.23. The van der Waals surface area contributed by atoms with Gasteiger partial charge in [-0.2, -0.15) is 5.10 Å². The van der Waals surface area contributed by atoms with Crippen LogP contribution in [0.2, 0.25) is 0 Å². The molecule has 9 nitrogen and oxygen atoms in total. The normalized spacial score (nSPS) is 11.1. The van der Waals surface area contributed by atoms with Crippen molar-refractivity contribution in [3.8, 4) is 11.7 Å². The first-order chi connectivity index (χ1) is 12.5. The molecule has 0 aliphatic heterocycles. The molecule has 1 N–H and O–H groups in total. The van der Waals surface area contributed by atoms with Gasteiger partial charge in [0, 0.05) is 5.39 Å². The van der Waals surface area contributed by atoms with Gasteiger partial charge < -0.3 is 13.9 Å². The minimum absolute atomic E-state index is 0.0914. The van der Waals surface area contributed by atoms with Gasteiger partial charge in [-0.05, 0) is 34.1 Å². The predicted molar refractivity (Wildman–Crippen MR) is 91.8 cm³/mol. The van der Waals surface area contributed by atoms with Crippen LogP contribution in [-0.4, -0.2) is 31.1 Å². The zero-order chi connectivity index (χ0) is 18.3. The number of fused-ring (bicyclic) bond motifs is 1. The first kappa shape index (κ1) is 16.2. The molecule has 4 rings (SSSR count). The third-order valence-electron chi connectivity index (χ3n) is 3.61. The zero-order valence-electron chi connectivity index (χ0n) is 12.9. The van der Waals surface area contributed by atoms with E-state index in [0.717, 1.165) is 4.68 Å². The van der Waals surface area contributed by atoms with E-state index in [2.05, 4.69) is 31.2 Å². The number of aromatic nitrogens is 4. The van der Waals surface area contributed by atoms with Crippen molar-refractivity contribution < 1.29 is 18.7 Å². The van der Waals surface area contributed by atoms with Crippen molar-refractivity contribution >= 4 is 32.7 Å². The lowest BCUT2D eigenvalue weighted by molar-refractivity contribution is 0.0690. The Balaban J connectivity index is 1.76. The van der Waals surface area contributed by atoms with E-state index < -0.39 is 11.5 Å². The van der Waals surface area contributed by atoms with Gasteiger partial charge in [0.15, 0.2) is 16.1 Å². The maximum atomic E-state index is 12.6. The number of hydrogen-bond acceptors (Lipinski definition) is 7. The molecule has 10 heteroatoms. The molecule has 1 aromatic carbocycles. The summed E-state index contributed by atoms with van der Waals surface area (Å²) in [5, 5.41) is 21.5. The molecule has 3 aromatic heterocycles. The number of furan rings is 1. The Morgan fingerprint density at radius 1 is 1.12 bits per heavy atom. The average Bonchev–Trinajstić information content (AvgIpc) is 3.26. The third-order valence-corrected chi connectivity index (χ3v) is 4.03. The molecule has 4 aromatic rings. The highest BCUT2D eigenvalue weighted by Crippen LogP contribution is 2.24. The molecule has 0 spiro atoms. The third kappa shape index (κ3) is 2.80. The van der Waals surface area contributed by atoms with Crippen molar-refractivity contribution in [2.24, 2.45) is 0 Å². The number of carboxylic acids is 1. The van der Waals surface area contributed by atoms with Gasteiger partial charge in [-0.25, -0.2) is 9.48 Å². The van der Waals surface area contributed by atoms with Gasteiger partial charge in [0.1, 0.15) is 6.54 Å². The SMILES string of the molecule is O=C(O)c1nn(Cc2nnc(-c3ccc(Br)o3)o2)c(=O)c2ccccc12. The number of hydrogen-bond donors (Lipinski definition) is 1. The standard InChI is InChI=1S/C16H9BrN4O5/c17-11-6-5-10(25-11)14-19-18-12(26-14)7-21-15(22)9-4-2-1-3-8(9)13(20-21)16(23)24/h1-6H,7H2,(H,23,24). The summed E-state index contributed by atoms with van der Waals surface area (Å²) in [4.78, 5) is 24.1. The van der Waals surface area contributed by atoms with Gasteiger partial charge in [-0.15, -0.1) is 10.2 Å². The molecule has 0 aliphatic carbocycles. The molecule has 0 fully saturated rings. The fourth-order valence-corrected chi connectivity index (χ4v) is 2.78. The summed E-state index contributed by atoms with van der Waals surface area (Å²) in [5.41, 5.74) is -0.680. The van der Waals surface area contributed by atoms with Crippen molar-refractivity contribution in [1.82, 2.24) is 20.0 Å². The lowest BCUT2D eigenvalue weighted by atomic mass is 10.1. The Labute approximate surface area is 153 Å². The van der Waals surface area contributed by atoms with Crippen LogP contribution in [0, 0.1) is 0 Å². The van der Waals surface area contributed by atoms with Gasteiger partial charge in [0.2, 0.25) is 5.89 Å². The maximum Gasteiger partial charge on any atom is 0.357 e. The van der Waals surface area contributed by atoms with Gasteiger partial charge >= 0.3 is 5.97 Å². The lowest BCUT2D eigenvalue weighted by Gasteiger charge is -2.06. The minimum atomic E-state index is -1.23. The summed E-state index contributed by atoms with van der Waals surface area (Å²) in [5.74, 6) is -0.644. The Hall–Kier alpha value is -3.27. The first-order valence-electron chi connectivity index (χ1n) is 7.34. The number of aromatic carboxylic acids is 1. The fourth-order valence-electron chi connectivity index (χ4n) is 2.47. The Morgan fingerprint density at radius 2 is 1.88 bits per heavy atom. The summed E-state index contributed by atoms with van der Waals surface area (Å²) in [6, 6.07) is 9.70. The topological polar surface area (TPSA) is 124 Å². The summed E-state index contributed by atoms with van der Waals surface area (Å²) >= 11 is 3.18. The highest BCUT2D eigenvalue weighted by atomic mass is 79.9. The second-order valence-corrected chi connectivity index (χ2v) is 6.05. The maximum absolute atomic E-state index is 12.6. The molecule has 0 saturated carbocycles. The Kier molecular flexibility index (Phi) is 3.88. The van der Waals surface area contributed by atoms with Gasteiger partial charge in [0.05, 0.1) is 5.39 Å². The smallest absolute Gasteiger partial charge is 0.357 e. The summed E-state index contributed by atoms with van der Waals surface area (Å²) < 4.78 is 12.3. The molecular formula is C16H9BrN4O5. The van der Waals surface area contributed by atoms with Crippen molar-refractivity contribution in [3.05, 3.63) is 63.0 Å². The second-order valence-electron chi connectivity index (χ2n) is 5.27. The highest BCUT2D eigenvalue weighted by Gasteiger charge is 2.18. The molecule has 0 radical (unpaired) electrons. The van der Waals surface area contributed by atoms with Crippen LogP contribution in [0.15, 0.2) is 54.7 Å². The summed E-state index contributed by atoms with van der Waals surface area (Å²) in [6.07, 6.45) is 0. The number of rotatable bonds is 4. The monoisotopic (exact) mass is 416 g/mol. The fraction of sp³-hybridized carbons (Fsp3) is 0.0625. The minimum Gasteiger partial charge on any atom is -0.476 e. The van der Waals surface area contributed by atoms with Crippen LogP contribution < -0.4 is 5.56 Å². The molecule has 0 amide bonds. The van der Waals surface area contributed by atoms with Crippen LogP contribution in [0.3, 0.4) is 0 Å². The molecular weight excluding hydrogens is 408 g/mol. The largest absolute Gasteiger partial charge is 0.476 e. The van der Waals surface area contributed by atoms with Crippen LogP contribution >= 0.6 is 15.9 Å². The molecule has 0 unspecified atom stereocenters. The van der Waals surface area contributed by atoms with Gasteiger partial charge in [-0.3, -0.25) is 4.79 Å². The number of carbonyl (C=O) groups is 1. The van der Waals surface area contributed by atoms with E-state index in [9.17, 15) is 14.7 Å².